The van der Waals surface area contributed by atoms with E-state index in [1.807, 2.05) is 6.07 Å². The lowest BCUT2D eigenvalue weighted by molar-refractivity contribution is 0.336. The van der Waals surface area contributed by atoms with E-state index in [4.69, 9.17) is 16.6 Å². The van der Waals surface area contributed by atoms with Gasteiger partial charge in [0.1, 0.15) is 11.3 Å². The molecule has 0 spiro atoms. The molecule has 0 amide bonds. The van der Waals surface area contributed by atoms with E-state index in [0.717, 1.165) is 30.8 Å². The Morgan fingerprint density at radius 2 is 2.25 bits per heavy atom. The van der Waals surface area contributed by atoms with Crippen LogP contribution in [0.1, 0.15) is 37.4 Å². The summed E-state index contributed by atoms with van der Waals surface area (Å²) in [5, 5.41) is 4.16. The largest absolute Gasteiger partial charge is 0.316 e. The van der Waals surface area contributed by atoms with E-state index < -0.39 is 0 Å². The first-order valence-electron chi connectivity index (χ1n) is 7.53. The van der Waals surface area contributed by atoms with E-state index in [1.165, 1.54) is 31.5 Å². The molecule has 4 nitrogen and oxygen atoms in total. The molecule has 1 aliphatic carbocycles. The summed E-state index contributed by atoms with van der Waals surface area (Å²) in [5.74, 6) is 2.55. The van der Waals surface area contributed by atoms with Crippen molar-refractivity contribution < 1.29 is 0 Å². The van der Waals surface area contributed by atoms with Crippen LogP contribution in [0.25, 0.3) is 11.2 Å². The maximum Gasteiger partial charge on any atom is 0.160 e. The molecule has 106 valence electrons. The first kappa shape index (κ1) is 12.6. The summed E-state index contributed by atoms with van der Waals surface area (Å²) >= 11 is 6.05. The fourth-order valence-corrected chi connectivity index (χ4v) is 3.33. The maximum atomic E-state index is 6.05. The Balaban J connectivity index is 1.73. The number of halogens is 1. The topological polar surface area (TPSA) is 42.7 Å². The van der Waals surface area contributed by atoms with E-state index in [1.54, 1.807) is 6.20 Å². The zero-order chi connectivity index (χ0) is 13.5. The van der Waals surface area contributed by atoms with Crippen molar-refractivity contribution in [2.75, 3.05) is 13.1 Å². The van der Waals surface area contributed by atoms with Gasteiger partial charge in [0.2, 0.25) is 0 Å². The molecule has 5 heteroatoms. The van der Waals surface area contributed by atoms with Crippen LogP contribution in [0.4, 0.5) is 0 Å². The molecule has 1 unspecified atom stereocenters. The van der Waals surface area contributed by atoms with Gasteiger partial charge < -0.3 is 9.88 Å². The Hall–Kier alpha value is -1.13. The highest BCUT2D eigenvalue weighted by atomic mass is 35.5. The SMILES string of the molecule is Clc1cnc2c(c1)nc(C1CC1)n2CC1CCCNC1. The van der Waals surface area contributed by atoms with Crippen molar-refractivity contribution in [2.24, 2.45) is 5.92 Å². The fraction of sp³-hybridized carbons (Fsp3) is 0.600. The molecule has 2 aromatic rings. The van der Waals surface area contributed by atoms with Crippen LogP contribution in [0.3, 0.4) is 0 Å². The smallest absolute Gasteiger partial charge is 0.160 e. The Labute approximate surface area is 123 Å². The first-order chi connectivity index (χ1) is 9.81. The average Bonchev–Trinajstić information content (AvgIpc) is 3.24. The van der Waals surface area contributed by atoms with Crippen molar-refractivity contribution >= 4 is 22.8 Å². The number of nitrogens with one attached hydrogen (secondary N) is 1. The van der Waals surface area contributed by atoms with Crippen LogP contribution in [0, 0.1) is 5.92 Å². The lowest BCUT2D eigenvalue weighted by Gasteiger charge is -2.24. The maximum absolute atomic E-state index is 6.05. The number of hydrogen-bond donors (Lipinski definition) is 1. The number of fused-ring (bicyclic) bond motifs is 1. The lowest BCUT2D eigenvalue weighted by Crippen LogP contribution is -2.32. The van der Waals surface area contributed by atoms with Crippen LogP contribution in [0.15, 0.2) is 12.3 Å². The molecule has 4 rings (SSSR count). The predicted molar refractivity (Wildman–Crippen MR) is 80.1 cm³/mol. The van der Waals surface area contributed by atoms with Crippen molar-refractivity contribution in [2.45, 2.75) is 38.1 Å². The normalized spacial score (nSPS) is 23.4. The highest BCUT2D eigenvalue weighted by Crippen LogP contribution is 2.41. The van der Waals surface area contributed by atoms with Gasteiger partial charge in [-0.05, 0) is 50.8 Å². The van der Waals surface area contributed by atoms with Gasteiger partial charge in [0.05, 0.1) is 5.02 Å². The van der Waals surface area contributed by atoms with E-state index in [2.05, 4.69) is 14.9 Å². The van der Waals surface area contributed by atoms with E-state index >= 15 is 0 Å². The molecule has 1 N–H and O–H groups in total. The molecule has 2 aromatic heterocycles. The first-order valence-corrected chi connectivity index (χ1v) is 7.91. The standard InChI is InChI=1S/C15H19ClN4/c16-12-6-13-15(18-8-12)20(14(19-13)11-3-4-11)9-10-2-1-5-17-7-10/h6,8,10-11,17H,1-5,7,9H2. The van der Waals surface area contributed by atoms with Crippen LogP contribution in [-0.4, -0.2) is 27.6 Å². The molecule has 0 aromatic carbocycles. The van der Waals surface area contributed by atoms with Gasteiger partial charge in [-0.2, -0.15) is 0 Å². The average molecular weight is 291 g/mol. The monoisotopic (exact) mass is 290 g/mol. The third-order valence-electron chi connectivity index (χ3n) is 4.36. The Morgan fingerprint density at radius 1 is 1.35 bits per heavy atom. The minimum absolute atomic E-state index is 0.638. The van der Waals surface area contributed by atoms with Crippen molar-refractivity contribution in [3.63, 3.8) is 0 Å². The van der Waals surface area contributed by atoms with Gasteiger partial charge in [0.15, 0.2) is 5.65 Å². The third-order valence-corrected chi connectivity index (χ3v) is 4.57. The third kappa shape index (κ3) is 2.31. The van der Waals surface area contributed by atoms with Crippen LogP contribution in [0.5, 0.6) is 0 Å². The molecule has 2 fully saturated rings. The van der Waals surface area contributed by atoms with Crippen molar-refractivity contribution in [1.82, 2.24) is 19.9 Å². The summed E-state index contributed by atoms with van der Waals surface area (Å²) in [7, 11) is 0. The number of pyridine rings is 1. The number of imidazole rings is 1. The Bertz CT molecular complexity index is 626. The Kier molecular flexibility index (Phi) is 3.15. The van der Waals surface area contributed by atoms with E-state index in [-0.39, 0.29) is 0 Å². The molecule has 20 heavy (non-hydrogen) atoms. The lowest BCUT2D eigenvalue weighted by atomic mass is 9.99. The van der Waals surface area contributed by atoms with Gasteiger partial charge in [-0.25, -0.2) is 9.97 Å². The summed E-state index contributed by atoms with van der Waals surface area (Å²) < 4.78 is 2.35. The van der Waals surface area contributed by atoms with Crippen LogP contribution in [0.2, 0.25) is 5.02 Å². The second-order valence-corrected chi connectivity index (χ2v) is 6.50. The number of nitrogens with zero attached hydrogens (tertiary/aromatic N) is 3. The van der Waals surface area contributed by atoms with E-state index in [9.17, 15) is 0 Å². The van der Waals surface area contributed by atoms with Gasteiger partial charge >= 0.3 is 0 Å². The predicted octanol–water partition coefficient (Wildman–Crippen LogP) is 2.96. The second-order valence-electron chi connectivity index (χ2n) is 6.06. The molecule has 2 aliphatic rings. The van der Waals surface area contributed by atoms with Crippen molar-refractivity contribution in [1.29, 1.82) is 0 Å². The summed E-state index contributed by atoms with van der Waals surface area (Å²) in [6.07, 6.45) is 6.83. The van der Waals surface area contributed by atoms with Crippen LogP contribution < -0.4 is 5.32 Å². The van der Waals surface area contributed by atoms with E-state index in [0.29, 0.717) is 16.9 Å². The molecule has 1 atom stereocenters. The van der Waals surface area contributed by atoms with Gasteiger partial charge in [-0.3, -0.25) is 0 Å². The molecular formula is C15H19ClN4. The van der Waals surface area contributed by atoms with Gasteiger partial charge in [-0.15, -0.1) is 0 Å². The molecule has 0 bridgehead atoms. The number of hydrogen-bond acceptors (Lipinski definition) is 3. The highest BCUT2D eigenvalue weighted by Gasteiger charge is 2.30. The molecule has 3 heterocycles. The zero-order valence-electron chi connectivity index (χ0n) is 11.5. The molecule has 1 saturated carbocycles. The molecule has 0 radical (unpaired) electrons. The summed E-state index contributed by atoms with van der Waals surface area (Å²) in [4.78, 5) is 9.32. The summed E-state index contributed by atoms with van der Waals surface area (Å²) in [6, 6.07) is 1.94. The molecular weight excluding hydrogens is 272 g/mol. The number of aromatic nitrogens is 3. The van der Waals surface area contributed by atoms with Crippen molar-refractivity contribution in [3.05, 3.63) is 23.1 Å². The van der Waals surface area contributed by atoms with Gasteiger partial charge in [0.25, 0.3) is 0 Å². The number of piperidine rings is 1. The second kappa shape index (κ2) is 5.01. The van der Waals surface area contributed by atoms with Gasteiger partial charge in [-0.1, -0.05) is 11.6 Å². The molecule has 1 aliphatic heterocycles. The summed E-state index contributed by atoms with van der Waals surface area (Å²) in [6.45, 7) is 3.30. The Morgan fingerprint density at radius 3 is 3.00 bits per heavy atom. The fourth-order valence-electron chi connectivity index (χ4n) is 3.18. The summed E-state index contributed by atoms with van der Waals surface area (Å²) in [5.41, 5.74) is 1.95. The van der Waals surface area contributed by atoms with Gasteiger partial charge in [0, 0.05) is 18.7 Å². The zero-order valence-corrected chi connectivity index (χ0v) is 12.2. The molecule has 1 saturated heterocycles. The minimum Gasteiger partial charge on any atom is -0.316 e. The van der Waals surface area contributed by atoms with Crippen LogP contribution in [-0.2, 0) is 6.54 Å². The van der Waals surface area contributed by atoms with Crippen LogP contribution >= 0.6 is 11.6 Å². The quantitative estimate of drug-likeness (QED) is 0.945. The highest BCUT2D eigenvalue weighted by molar-refractivity contribution is 6.31. The van der Waals surface area contributed by atoms with Crippen molar-refractivity contribution in [3.8, 4) is 0 Å². The minimum atomic E-state index is 0.638. The number of rotatable bonds is 3.